The van der Waals surface area contributed by atoms with Gasteiger partial charge in [-0.05, 0) is 31.4 Å². The number of anilines is 2. The number of carbonyl (C=O) groups excluding carboxylic acids is 1. The maximum atomic E-state index is 12.5. The van der Waals surface area contributed by atoms with E-state index < -0.39 is 0 Å². The van der Waals surface area contributed by atoms with Crippen LogP contribution < -0.4 is 5.32 Å². The van der Waals surface area contributed by atoms with Crippen LogP contribution in [0.15, 0.2) is 36.7 Å². The smallest absolute Gasteiger partial charge is 0.274 e. The topological polar surface area (TPSA) is 58.1 Å². The second kappa shape index (κ2) is 7.22. The summed E-state index contributed by atoms with van der Waals surface area (Å²) < 4.78 is 0. The monoisotopic (exact) mass is 310 g/mol. The van der Waals surface area contributed by atoms with E-state index in [-0.39, 0.29) is 5.91 Å². The van der Waals surface area contributed by atoms with Crippen LogP contribution in [0.2, 0.25) is 0 Å². The molecule has 0 aliphatic carbocycles. The van der Waals surface area contributed by atoms with Crippen LogP contribution in [0.1, 0.15) is 41.7 Å². The number of rotatable bonds is 3. The molecule has 0 bridgehead atoms. The molecule has 0 radical (unpaired) electrons. The first kappa shape index (κ1) is 15.5. The molecule has 1 amide bonds. The Kier molecular flexibility index (Phi) is 4.86. The number of nitrogens with zero attached hydrogens (tertiary/aromatic N) is 3. The number of para-hydroxylation sites is 1. The van der Waals surface area contributed by atoms with Crippen molar-refractivity contribution in [2.45, 2.75) is 32.6 Å². The lowest BCUT2D eigenvalue weighted by Crippen LogP contribution is -2.32. The third-order valence-corrected chi connectivity index (χ3v) is 4.17. The van der Waals surface area contributed by atoms with E-state index in [2.05, 4.69) is 15.3 Å². The van der Waals surface area contributed by atoms with Crippen LogP contribution in [0.5, 0.6) is 0 Å². The number of aryl methyl sites for hydroxylation is 1. The molecule has 0 spiro atoms. The molecule has 120 valence electrons. The fourth-order valence-electron chi connectivity index (χ4n) is 2.79. The molecule has 0 unspecified atom stereocenters. The third-order valence-electron chi connectivity index (χ3n) is 4.17. The number of hydrogen-bond acceptors (Lipinski definition) is 4. The number of nitrogens with one attached hydrogen (secondary N) is 1. The van der Waals surface area contributed by atoms with E-state index in [1.165, 1.54) is 12.8 Å². The first-order valence-electron chi connectivity index (χ1n) is 8.18. The van der Waals surface area contributed by atoms with E-state index in [4.69, 9.17) is 0 Å². The Hall–Kier alpha value is -2.43. The average Bonchev–Trinajstić information content (AvgIpc) is 2.86. The highest BCUT2D eigenvalue weighted by atomic mass is 16.2. The molecule has 1 aromatic carbocycles. The fraction of sp³-hybridized carbons (Fsp3) is 0.389. The lowest BCUT2D eigenvalue weighted by Gasteiger charge is -2.19. The van der Waals surface area contributed by atoms with Crippen molar-refractivity contribution in [1.29, 1.82) is 0 Å². The van der Waals surface area contributed by atoms with Crippen molar-refractivity contribution in [2.24, 2.45) is 0 Å². The van der Waals surface area contributed by atoms with Gasteiger partial charge < -0.3 is 10.2 Å². The molecular formula is C18H22N4O. The summed E-state index contributed by atoms with van der Waals surface area (Å²) in [5.74, 6) is 0.633. The van der Waals surface area contributed by atoms with Crippen molar-refractivity contribution in [1.82, 2.24) is 14.9 Å². The van der Waals surface area contributed by atoms with Crippen molar-refractivity contribution in [2.75, 3.05) is 18.4 Å². The third kappa shape index (κ3) is 3.86. The van der Waals surface area contributed by atoms with Gasteiger partial charge in [0.2, 0.25) is 0 Å². The van der Waals surface area contributed by atoms with Crippen LogP contribution in [0.3, 0.4) is 0 Å². The molecule has 1 fully saturated rings. The Morgan fingerprint density at radius 2 is 1.78 bits per heavy atom. The van der Waals surface area contributed by atoms with E-state index in [0.29, 0.717) is 11.5 Å². The van der Waals surface area contributed by atoms with Gasteiger partial charge >= 0.3 is 0 Å². The highest BCUT2D eigenvalue weighted by Crippen LogP contribution is 2.18. The van der Waals surface area contributed by atoms with Crippen LogP contribution >= 0.6 is 0 Å². The average molecular weight is 310 g/mol. The molecule has 1 aliphatic heterocycles. The molecular weight excluding hydrogens is 288 g/mol. The molecule has 2 aromatic rings. The van der Waals surface area contributed by atoms with Crippen LogP contribution in [0, 0.1) is 6.92 Å². The van der Waals surface area contributed by atoms with Crippen molar-refractivity contribution in [3.05, 3.63) is 47.9 Å². The van der Waals surface area contributed by atoms with Crippen LogP contribution in [-0.2, 0) is 0 Å². The summed E-state index contributed by atoms with van der Waals surface area (Å²) in [6, 6.07) is 8.00. The zero-order valence-corrected chi connectivity index (χ0v) is 13.5. The Balaban J connectivity index is 1.69. The molecule has 1 aromatic heterocycles. The Bertz CT molecular complexity index is 661. The molecule has 1 saturated heterocycles. The van der Waals surface area contributed by atoms with Gasteiger partial charge in [-0.25, -0.2) is 9.97 Å². The van der Waals surface area contributed by atoms with E-state index in [1.54, 1.807) is 12.4 Å². The molecule has 3 rings (SSSR count). The number of carbonyl (C=O) groups is 1. The summed E-state index contributed by atoms with van der Waals surface area (Å²) >= 11 is 0. The number of hydrogen-bond donors (Lipinski definition) is 1. The van der Waals surface area contributed by atoms with Crippen LogP contribution in [0.4, 0.5) is 11.5 Å². The van der Waals surface area contributed by atoms with Gasteiger partial charge in [-0.1, -0.05) is 31.0 Å². The predicted molar refractivity (Wildman–Crippen MR) is 90.9 cm³/mol. The highest BCUT2D eigenvalue weighted by molar-refractivity contribution is 5.92. The lowest BCUT2D eigenvalue weighted by molar-refractivity contribution is 0.0755. The standard InChI is InChI=1S/C18H22N4O/c1-14-8-4-5-9-15(14)21-17-13-19-16(12-20-17)18(23)22-10-6-2-3-7-11-22/h4-5,8-9,12-13H,2-3,6-7,10-11H2,1H3,(H,20,21). The van der Waals surface area contributed by atoms with Gasteiger partial charge in [0, 0.05) is 18.8 Å². The largest absolute Gasteiger partial charge is 0.339 e. The normalized spacial score (nSPS) is 15.1. The zero-order valence-electron chi connectivity index (χ0n) is 13.5. The van der Waals surface area contributed by atoms with Crippen molar-refractivity contribution >= 4 is 17.4 Å². The summed E-state index contributed by atoms with van der Waals surface area (Å²) in [6.07, 6.45) is 7.74. The predicted octanol–water partition coefficient (Wildman–Crippen LogP) is 3.54. The van der Waals surface area contributed by atoms with Crippen LogP contribution in [-0.4, -0.2) is 33.9 Å². The minimum Gasteiger partial charge on any atom is -0.339 e. The summed E-state index contributed by atoms with van der Waals surface area (Å²) in [6.45, 7) is 3.68. The first-order valence-corrected chi connectivity index (χ1v) is 8.18. The summed E-state index contributed by atoms with van der Waals surface area (Å²) in [5, 5.41) is 3.23. The van der Waals surface area contributed by atoms with E-state index in [9.17, 15) is 4.79 Å². The van der Waals surface area contributed by atoms with E-state index in [0.717, 1.165) is 37.2 Å². The van der Waals surface area contributed by atoms with Gasteiger partial charge in [0.15, 0.2) is 0 Å². The second-order valence-corrected chi connectivity index (χ2v) is 5.93. The molecule has 5 nitrogen and oxygen atoms in total. The zero-order chi connectivity index (χ0) is 16.1. The van der Waals surface area contributed by atoms with Gasteiger partial charge in [0.25, 0.3) is 5.91 Å². The number of amides is 1. The summed E-state index contributed by atoms with van der Waals surface area (Å²) in [5.41, 5.74) is 2.55. The Morgan fingerprint density at radius 3 is 2.43 bits per heavy atom. The van der Waals surface area contributed by atoms with Gasteiger partial charge in [-0.2, -0.15) is 0 Å². The van der Waals surface area contributed by atoms with Gasteiger partial charge in [0.1, 0.15) is 11.5 Å². The summed E-state index contributed by atoms with van der Waals surface area (Å²) in [7, 11) is 0. The second-order valence-electron chi connectivity index (χ2n) is 5.93. The number of benzene rings is 1. The number of likely N-dealkylation sites (tertiary alicyclic amines) is 1. The molecule has 1 aliphatic rings. The molecule has 0 saturated carbocycles. The quantitative estimate of drug-likeness (QED) is 0.942. The molecule has 1 N–H and O–H groups in total. The first-order chi connectivity index (χ1) is 11.2. The van der Waals surface area contributed by atoms with Crippen LogP contribution in [0.25, 0.3) is 0 Å². The maximum Gasteiger partial charge on any atom is 0.274 e. The van der Waals surface area contributed by atoms with Crippen molar-refractivity contribution in [3.63, 3.8) is 0 Å². The van der Waals surface area contributed by atoms with E-state index >= 15 is 0 Å². The van der Waals surface area contributed by atoms with Gasteiger partial charge in [0.05, 0.1) is 12.4 Å². The fourth-order valence-corrected chi connectivity index (χ4v) is 2.79. The number of aromatic nitrogens is 2. The minimum absolute atomic E-state index is 0.0122. The molecule has 0 atom stereocenters. The lowest BCUT2D eigenvalue weighted by atomic mass is 10.2. The summed E-state index contributed by atoms with van der Waals surface area (Å²) in [4.78, 5) is 23.0. The van der Waals surface area contributed by atoms with Gasteiger partial charge in [-0.15, -0.1) is 0 Å². The molecule has 5 heteroatoms. The van der Waals surface area contributed by atoms with Gasteiger partial charge in [-0.3, -0.25) is 4.79 Å². The molecule has 2 heterocycles. The maximum absolute atomic E-state index is 12.5. The Morgan fingerprint density at radius 1 is 1.04 bits per heavy atom. The van der Waals surface area contributed by atoms with Crippen molar-refractivity contribution in [3.8, 4) is 0 Å². The SMILES string of the molecule is Cc1ccccc1Nc1cnc(C(=O)N2CCCCCC2)cn1. The molecule has 23 heavy (non-hydrogen) atoms. The minimum atomic E-state index is -0.0122. The Labute approximate surface area is 136 Å². The highest BCUT2D eigenvalue weighted by Gasteiger charge is 2.18. The van der Waals surface area contributed by atoms with E-state index in [1.807, 2.05) is 36.1 Å². The van der Waals surface area contributed by atoms with Crippen molar-refractivity contribution < 1.29 is 4.79 Å².